The Morgan fingerprint density at radius 2 is 2.18 bits per heavy atom. The van der Waals surface area contributed by atoms with Crippen LogP contribution in [0.3, 0.4) is 0 Å². The minimum atomic E-state index is -0.365. The minimum absolute atomic E-state index is 0.186. The van der Waals surface area contributed by atoms with E-state index in [0.717, 1.165) is 22.0 Å². The van der Waals surface area contributed by atoms with Crippen molar-refractivity contribution in [3.05, 3.63) is 41.5 Å². The van der Waals surface area contributed by atoms with Crippen LogP contribution < -0.4 is 5.73 Å². The highest BCUT2D eigenvalue weighted by molar-refractivity contribution is 7.98. The first-order valence-electron chi connectivity index (χ1n) is 5.23. The van der Waals surface area contributed by atoms with Gasteiger partial charge in [0.05, 0.1) is 11.4 Å². The highest BCUT2D eigenvalue weighted by atomic mass is 32.2. The molecule has 0 saturated heterocycles. The van der Waals surface area contributed by atoms with E-state index in [1.807, 2.05) is 30.8 Å². The molecule has 17 heavy (non-hydrogen) atoms. The lowest BCUT2D eigenvalue weighted by Gasteiger charge is -2.03. The Morgan fingerprint density at radius 3 is 2.76 bits per heavy atom. The van der Waals surface area contributed by atoms with Crippen molar-refractivity contribution < 1.29 is 4.39 Å². The zero-order valence-electron chi connectivity index (χ0n) is 9.77. The normalized spacial score (nSPS) is 10.8. The van der Waals surface area contributed by atoms with E-state index in [9.17, 15) is 4.39 Å². The van der Waals surface area contributed by atoms with Gasteiger partial charge < -0.3 is 5.73 Å². The Morgan fingerprint density at radius 1 is 1.41 bits per heavy atom. The summed E-state index contributed by atoms with van der Waals surface area (Å²) in [6, 6.07) is 6.91. The number of nitrogen functional groups attached to an aromatic ring is 1. The Bertz CT molecular complexity index is 537. The van der Waals surface area contributed by atoms with Crippen molar-refractivity contribution >= 4 is 17.4 Å². The maximum Gasteiger partial charge on any atom is 0.147 e. The predicted octanol–water partition coefficient (Wildman–Crippen LogP) is 2.74. The van der Waals surface area contributed by atoms with Crippen LogP contribution in [0.25, 0.3) is 0 Å². The summed E-state index contributed by atoms with van der Waals surface area (Å²) in [6.45, 7) is 1.96. The zero-order valence-corrected chi connectivity index (χ0v) is 10.6. The van der Waals surface area contributed by atoms with Crippen molar-refractivity contribution in [1.29, 1.82) is 0 Å². The molecule has 1 heterocycles. The SMILES string of the molecule is Cc1cc(CSc2ccc(N)c(F)c2)n(C)n1. The number of halogens is 1. The van der Waals surface area contributed by atoms with E-state index < -0.39 is 0 Å². The highest BCUT2D eigenvalue weighted by Crippen LogP contribution is 2.25. The van der Waals surface area contributed by atoms with E-state index in [0.29, 0.717) is 0 Å². The number of anilines is 1. The number of aryl methyl sites for hydroxylation is 2. The van der Waals surface area contributed by atoms with E-state index >= 15 is 0 Å². The second-order valence-corrected chi connectivity index (χ2v) is 4.92. The Hall–Kier alpha value is -1.49. The average molecular weight is 251 g/mol. The maximum atomic E-state index is 13.2. The molecule has 5 heteroatoms. The fourth-order valence-corrected chi connectivity index (χ4v) is 2.49. The van der Waals surface area contributed by atoms with Gasteiger partial charge in [-0.3, -0.25) is 4.68 Å². The number of thioether (sulfide) groups is 1. The van der Waals surface area contributed by atoms with Crippen molar-refractivity contribution in [1.82, 2.24) is 9.78 Å². The lowest BCUT2D eigenvalue weighted by atomic mass is 10.3. The number of hydrogen-bond acceptors (Lipinski definition) is 3. The van der Waals surface area contributed by atoms with Crippen LogP contribution in [0.2, 0.25) is 0 Å². The van der Waals surface area contributed by atoms with Gasteiger partial charge in [0.1, 0.15) is 5.82 Å². The number of nitrogens with two attached hydrogens (primary N) is 1. The van der Waals surface area contributed by atoms with Crippen LogP contribution in [-0.2, 0) is 12.8 Å². The molecular formula is C12H14FN3S. The summed E-state index contributed by atoms with van der Waals surface area (Å²) < 4.78 is 15.1. The summed E-state index contributed by atoms with van der Waals surface area (Å²) in [6.07, 6.45) is 0. The van der Waals surface area contributed by atoms with Crippen LogP contribution in [0.1, 0.15) is 11.4 Å². The van der Waals surface area contributed by atoms with Crippen LogP contribution in [0.4, 0.5) is 10.1 Å². The molecule has 2 N–H and O–H groups in total. The van der Waals surface area contributed by atoms with Crippen LogP contribution in [0.5, 0.6) is 0 Å². The molecular weight excluding hydrogens is 237 g/mol. The van der Waals surface area contributed by atoms with Gasteiger partial charge in [-0.1, -0.05) is 0 Å². The molecule has 0 saturated carbocycles. The molecule has 1 aromatic carbocycles. The Labute approximate surface area is 104 Å². The zero-order chi connectivity index (χ0) is 12.4. The molecule has 2 rings (SSSR count). The van der Waals surface area contributed by atoms with Gasteiger partial charge in [-0.25, -0.2) is 4.39 Å². The molecule has 0 fully saturated rings. The van der Waals surface area contributed by atoms with E-state index in [1.54, 1.807) is 17.8 Å². The predicted molar refractivity (Wildman–Crippen MR) is 68.3 cm³/mol. The second-order valence-electron chi connectivity index (χ2n) is 3.87. The van der Waals surface area contributed by atoms with Crippen LogP contribution >= 0.6 is 11.8 Å². The largest absolute Gasteiger partial charge is 0.396 e. The van der Waals surface area contributed by atoms with Crippen molar-refractivity contribution in [3.63, 3.8) is 0 Å². The maximum absolute atomic E-state index is 13.2. The van der Waals surface area contributed by atoms with Crippen LogP contribution in [0, 0.1) is 12.7 Å². The molecule has 90 valence electrons. The smallest absolute Gasteiger partial charge is 0.147 e. The third kappa shape index (κ3) is 2.79. The fourth-order valence-electron chi connectivity index (χ4n) is 1.55. The van der Waals surface area contributed by atoms with E-state index in [-0.39, 0.29) is 11.5 Å². The minimum Gasteiger partial charge on any atom is -0.396 e. The van der Waals surface area contributed by atoms with Crippen molar-refractivity contribution in [2.24, 2.45) is 7.05 Å². The number of nitrogens with zero attached hydrogens (tertiary/aromatic N) is 2. The summed E-state index contributed by atoms with van der Waals surface area (Å²) >= 11 is 1.57. The number of benzene rings is 1. The molecule has 2 aromatic rings. The lowest BCUT2D eigenvalue weighted by Crippen LogP contribution is -1.96. The van der Waals surface area contributed by atoms with Gasteiger partial charge in [-0.15, -0.1) is 11.8 Å². The monoisotopic (exact) mass is 251 g/mol. The quantitative estimate of drug-likeness (QED) is 0.674. The molecule has 0 aliphatic heterocycles. The van der Waals surface area contributed by atoms with Gasteiger partial charge in [0, 0.05) is 23.4 Å². The Kier molecular flexibility index (Phi) is 3.38. The summed E-state index contributed by atoms with van der Waals surface area (Å²) in [5.41, 5.74) is 7.72. The van der Waals surface area contributed by atoms with Crippen molar-refractivity contribution in [2.75, 3.05) is 5.73 Å². The molecule has 0 bridgehead atoms. The fraction of sp³-hybridized carbons (Fsp3) is 0.250. The van der Waals surface area contributed by atoms with Gasteiger partial charge in [0.25, 0.3) is 0 Å². The topological polar surface area (TPSA) is 43.8 Å². The Balaban J connectivity index is 2.07. The lowest BCUT2D eigenvalue weighted by molar-refractivity contribution is 0.629. The summed E-state index contributed by atoms with van der Waals surface area (Å²) in [5.74, 6) is 0.400. The van der Waals surface area contributed by atoms with Crippen molar-refractivity contribution in [3.8, 4) is 0 Å². The molecule has 0 radical (unpaired) electrons. The third-order valence-corrected chi connectivity index (χ3v) is 3.48. The van der Waals surface area contributed by atoms with Gasteiger partial charge >= 0.3 is 0 Å². The van der Waals surface area contributed by atoms with Gasteiger partial charge in [0.2, 0.25) is 0 Å². The molecule has 0 amide bonds. The first-order valence-corrected chi connectivity index (χ1v) is 6.22. The molecule has 0 aliphatic carbocycles. The average Bonchev–Trinajstić information content (AvgIpc) is 2.59. The summed E-state index contributed by atoms with van der Waals surface area (Å²) in [7, 11) is 1.91. The number of rotatable bonds is 3. The highest BCUT2D eigenvalue weighted by Gasteiger charge is 2.04. The molecule has 0 spiro atoms. The van der Waals surface area contributed by atoms with E-state index in [1.165, 1.54) is 6.07 Å². The van der Waals surface area contributed by atoms with Gasteiger partial charge in [0.15, 0.2) is 0 Å². The van der Waals surface area contributed by atoms with Crippen LogP contribution in [0.15, 0.2) is 29.2 Å². The molecule has 3 nitrogen and oxygen atoms in total. The number of aromatic nitrogens is 2. The first-order chi connectivity index (χ1) is 8.06. The molecule has 0 unspecified atom stereocenters. The van der Waals surface area contributed by atoms with E-state index in [4.69, 9.17) is 5.73 Å². The third-order valence-electron chi connectivity index (χ3n) is 2.46. The van der Waals surface area contributed by atoms with E-state index in [2.05, 4.69) is 5.10 Å². The standard InChI is InChI=1S/C12H14FN3S/c1-8-5-9(16(2)15-8)7-17-10-3-4-12(14)11(13)6-10/h3-6H,7,14H2,1-2H3. The number of hydrogen-bond donors (Lipinski definition) is 1. The summed E-state index contributed by atoms with van der Waals surface area (Å²) in [4.78, 5) is 0.871. The van der Waals surface area contributed by atoms with Gasteiger partial charge in [-0.05, 0) is 31.2 Å². The molecule has 1 aromatic heterocycles. The molecule has 0 atom stereocenters. The van der Waals surface area contributed by atoms with Gasteiger partial charge in [-0.2, -0.15) is 5.10 Å². The van der Waals surface area contributed by atoms with Crippen LogP contribution in [-0.4, -0.2) is 9.78 Å². The molecule has 0 aliphatic rings. The summed E-state index contributed by atoms with van der Waals surface area (Å²) in [5, 5.41) is 4.26. The second kappa shape index (κ2) is 4.79. The van der Waals surface area contributed by atoms with Crippen molar-refractivity contribution in [2.45, 2.75) is 17.6 Å². The first kappa shape index (κ1) is 12.0.